The molecular weight excluding hydrogens is 188 g/mol. The van der Waals surface area contributed by atoms with Crippen LogP contribution >= 0.6 is 0 Å². The lowest BCUT2D eigenvalue weighted by Crippen LogP contribution is -2.28. The van der Waals surface area contributed by atoms with Crippen molar-refractivity contribution in [2.45, 2.75) is 19.4 Å². The van der Waals surface area contributed by atoms with Crippen LogP contribution in [0.4, 0.5) is 5.69 Å². The number of benzene rings is 1. The topological polar surface area (TPSA) is 64.5 Å². The maximum absolute atomic E-state index is 8.90. The van der Waals surface area contributed by atoms with Crippen LogP contribution in [0, 0.1) is 11.3 Å². The van der Waals surface area contributed by atoms with Crippen molar-refractivity contribution in [3.8, 4) is 6.07 Å². The van der Waals surface area contributed by atoms with Crippen LogP contribution in [0.25, 0.3) is 11.0 Å². The van der Waals surface area contributed by atoms with E-state index in [-0.39, 0.29) is 0 Å². The zero-order valence-electron chi connectivity index (χ0n) is 8.70. The normalized spacial score (nSPS) is 11.3. The van der Waals surface area contributed by atoms with Crippen LogP contribution in [0.5, 0.6) is 0 Å². The van der Waals surface area contributed by atoms with E-state index in [4.69, 9.17) is 5.26 Å². The van der Waals surface area contributed by atoms with Crippen molar-refractivity contribution < 1.29 is 0 Å². The van der Waals surface area contributed by atoms with E-state index in [1.807, 2.05) is 32.0 Å². The molecule has 2 aromatic rings. The fourth-order valence-corrected chi connectivity index (χ4v) is 1.40. The molecule has 0 unspecified atom stereocenters. The van der Waals surface area contributed by atoms with Gasteiger partial charge in [-0.2, -0.15) is 5.26 Å². The molecule has 0 fully saturated rings. The number of nitriles is 1. The molecule has 76 valence electrons. The molecule has 1 heterocycles. The van der Waals surface area contributed by atoms with E-state index in [0.717, 1.165) is 16.7 Å². The summed E-state index contributed by atoms with van der Waals surface area (Å²) in [5, 5.41) is 12.0. The Balaban J connectivity index is 2.33. The number of nitrogens with one attached hydrogen (secondary N) is 2. The van der Waals surface area contributed by atoms with Crippen LogP contribution in [-0.2, 0) is 0 Å². The van der Waals surface area contributed by atoms with Gasteiger partial charge in [-0.05, 0) is 32.0 Å². The van der Waals surface area contributed by atoms with Gasteiger partial charge in [-0.15, -0.1) is 0 Å². The molecule has 0 bridgehead atoms. The summed E-state index contributed by atoms with van der Waals surface area (Å²) in [6.45, 7) is 3.67. The first kappa shape index (κ1) is 9.53. The van der Waals surface area contributed by atoms with E-state index in [2.05, 4.69) is 21.4 Å². The highest BCUT2D eigenvalue weighted by Crippen LogP contribution is 2.19. The number of aromatic nitrogens is 2. The third kappa shape index (κ3) is 1.91. The first-order chi connectivity index (χ1) is 7.11. The molecule has 0 saturated carbocycles. The van der Waals surface area contributed by atoms with E-state index >= 15 is 0 Å². The number of fused-ring (bicyclic) bond motifs is 1. The molecule has 0 amide bonds. The average molecular weight is 200 g/mol. The molecule has 4 heteroatoms. The van der Waals surface area contributed by atoms with Crippen molar-refractivity contribution in [2.24, 2.45) is 0 Å². The van der Waals surface area contributed by atoms with Crippen molar-refractivity contribution in [1.29, 1.82) is 5.26 Å². The standard InChI is InChI=1S/C11H12N4/c1-11(2,6-12)15-8-3-4-9-10(5-8)14-7-13-9/h3-5,7,15H,1-2H3,(H,13,14). The van der Waals surface area contributed by atoms with Gasteiger partial charge in [-0.25, -0.2) is 4.98 Å². The molecule has 0 atom stereocenters. The maximum atomic E-state index is 8.90. The molecule has 0 spiro atoms. The Bertz CT molecular complexity index is 519. The summed E-state index contributed by atoms with van der Waals surface area (Å²) < 4.78 is 0. The Labute approximate surface area is 87.9 Å². The van der Waals surface area contributed by atoms with Crippen molar-refractivity contribution in [3.05, 3.63) is 24.5 Å². The van der Waals surface area contributed by atoms with Crippen LogP contribution < -0.4 is 5.32 Å². The van der Waals surface area contributed by atoms with E-state index in [0.29, 0.717) is 0 Å². The number of nitrogens with zero attached hydrogens (tertiary/aromatic N) is 2. The zero-order valence-corrected chi connectivity index (χ0v) is 8.70. The predicted octanol–water partition coefficient (Wildman–Crippen LogP) is 2.28. The largest absolute Gasteiger partial charge is 0.368 e. The Kier molecular flexibility index (Phi) is 2.09. The van der Waals surface area contributed by atoms with Crippen molar-refractivity contribution >= 4 is 16.7 Å². The summed E-state index contributed by atoms with van der Waals surface area (Å²) in [5.74, 6) is 0. The van der Waals surface area contributed by atoms with E-state index in [9.17, 15) is 0 Å². The minimum Gasteiger partial charge on any atom is -0.368 e. The lowest BCUT2D eigenvalue weighted by molar-refractivity contribution is 0.729. The highest BCUT2D eigenvalue weighted by Gasteiger charge is 2.15. The quantitative estimate of drug-likeness (QED) is 0.781. The molecule has 1 aromatic carbocycles. The van der Waals surface area contributed by atoms with Gasteiger partial charge in [0.2, 0.25) is 0 Å². The fourth-order valence-electron chi connectivity index (χ4n) is 1.40. The fraction of sp³-hybridized carbons (Fsp3) is 0.273. The lowest BCUT2D eigenvalue weighted by atomic mass is 10.1. The molecule has 15 heavy (non-hydrogen) atoms. The zero-order chi connectivity index (χ0) is 10.9. The van der Waals surface area contributed by atoms with E-state index < -0.39 is 5.54 Å². The molecule has 0 saturated heterocycles. The number of hydrogen-bond donors (Lipinski definition) is 2. The van der Waals surface area contributed by atoms with E-state index in [1.54, 1.807) is 6.33 Å². The summed E-state index contributed by atoms with van der Waals surface area (Å²) in [6, 6.07) is 7.98. The minimum atomic E-state index is -0.562. The highest BCUT2D eigenvalue weighted by molar-refractivity contribution is 5.78. The molecular formula is C11H12N4. The number of H-pyrrole nitrogens is 1. The van der Waals surface area contributed by atoms with Crippen molar-refractivity contribution in [2.75, 3.05) is 5.32 Å². The summed E-state index contributed by atoms with van der Waals surface area (Å²) in [5.41, 5.74) is 2.25. The molecule has 0 aliphatic carbocycles. The van der Waals surface area contributed by atoms with Crippen LogP contribution in [-0.4, -0.2) is 15.5 Å². The Morgan fingerprint density at radius 1 is 1.47 bits per heavy atom. The van der Waals surface area contributed by atoms with Crippen molar-refractivity contribution in [1.82, 2.24) is 9.97 Å². The lowest BCUT2D eigenvalue weighted by Gasteiger charge is -2.18. The number of rotatable bonds is 2. The Morgan fingerprint density at radius 2 is 2.27 bits per heavy atom. The second-order valence-electron chi connectivity index (χ2n) is 4.00. The van der Waals surface area contributed by atoms with Crippen molar-refractivity contribution in [3.63, 3.8) is 0 Å². The van der Waals surface area contributed by atoms with Gasteiger partial charge in [0.25, 0.3) is 0 Å². The monoisotopic (exact) mass is 200 g/mol. The molecule has 2 rings (SSSR count). The molecule has 1 aromatic heterocycles. The third-order valence-electron chi connectivity index (χ3n) is 2.16. The van der Waals surface area contributed by atoms with Gasteiger partial charge in [0.05, 0.1) is 23.4 Å². The van der Waals surface area contributed by atoms with E-state index in [1.165, 1.54) is 0 Å². The highest BCUT2D eigenvalue weighted by atomic mass is 15.0. The maximum Gasteiger partial charge on any atom is 0.119 e. The van der Waals surface area contributed by atoms with Crippen LogP contribution in [0.1, 0.15) is 13.8 Å². The Morgan fingerprint density at radius 3 is 3.00 bits per heavy atom. The molecule has 2 N–H and O–H groups in total. The second kappa shape index (κ2) is 3.28. The predicted molar refractivity (Wildman–Crippen MR) is 59.4 cm³/mol. The first-order valence-electron chi connectivity index (χ1n) is 4.73. The number of imidazole rings is 1. The van der Waals surface area contributed by atoms with Gasteiger partial charge in [0, 0.05) is 5.69 Å². The summed E-state index contributed by atoms with van der Waals surface area (Å²) in [6.07, 6.45) is 1.66. The molecule has 0 aliphatic rings. The average Bonchev–Trinajstić information content (AvgIpc) is 2.64. The second-order valence-corrected chi connectivity index (χ2v) is 4.00. The summed E-state index contributed by atoms with van der Waals surface area (Å²) >= 11 is 0. The Hall–Kier alpha value is -2.02. The first-order valence-corrected chi connectivity index (χ1v) is 4.73. The molecule has 0 radical (unpaired) electrons. The van der Waals surface area contributed by atoms with Gasteiger partial charge < -0.3 is 10.3 Å². The molecule has 0 aliphatic heterocycles. The smallest absolute Gasteiger partial charge is 0.119 e. The summed E-state index contributed by atoms with van der Waals surface area (Å²) in [7, 11) is 0. The molecule has 4 nitrogen and oxygen atoms in total. The summed E-state index contributed by atoms with van der Waals surface area (Å²) in [4.78, 5) is 7.16. The van der Waals surface area contributed by atoms with Gasteiger partial charge in [-0.1, -0.05) is 0 Å². The van der Waals surface area contributed by atoms with Gasteiger partial charge in [0.15, 0.2) is 0 Å². The third-order valence-corrected chi connectivity index (χ3v) is 2.16. The number of aromatic amines is 1. The van der Waals surface area contributed by atoms with Gasteiger partial charge >= 0.3 is 0 Å². The SMILES string of the molecule is CC(C)(C#N)Nc1ccc2nc[nH]c2c1. The number of anilines is 1. The van der Waals surface area contributed by atoms with Crippen LogP contribution in [0.15, 0.2) is 24.5 Å². The van der Waals surface area contributed by atoms with Gasteiger partial charge in [-0.3, -0.25) is 0 Å². The van der Waals surface area contributed by atoms with Gasteiger partial charge in [0.1, 0.15) is 5.54 Å². The van der Waals surface area contributed by atoms with Crippen LogP contribution in [0.2, 0.25) is 0 Å². The number of hydrogen-bond acceptors (Lipinski definition) is 3. The minimum absolute atomic E-state index is 0.562. The van der Waals surface area contributed by atoms with Crippen LogP contribution in [0.3, 0.4) is 0 Å².